The first-order valence-electron chi connectivity index (χ1n) is 9.14. The van der Waals surface area contributed by atoms with E-state index in [1.165, 1.54) is 11.6 Å². The average molecular weight is 359 g/mol. The van der Waals surface area contributed by atoms with Gasteiger partial charge >= 0.3 is 0 Å². The topological polar surface area (TPSA) is 41.9 Å². The summed E-state index contributed by atoms with van der Waals surface area (Å²) in [7, 11) is 0. The molecule has 0 saturated carbocycles. The van der Waals surface area contributed by atoms with Gasteiger partial charge in [-0.1, -0.05) is 42.5 Å². The largest absolute Gasteiger partial charge is 0.488 e. The second kappa shape index (κ2) is 9.67. The molecule has 0 spiro atoms. The van der Waals surface area contributed by atoms with Crippen molar-refractivity contribution in [3.63, 3.8) is 0 Å². The fourth-order valence-corrected chi connectivity index (χ4v) is 3.22. The SMILES string of the molecule is OC(COc1ccccc1F)CN(Cc1ccccc1)CC1CCCO1. The molecule has 0 amide bonds. The van der Waals surface area contributed by atoms with Gasteiger partial charge in [0, 0.05) is 26.2 Å². The van der Waals surface area contributed by atoms with Crippen molar-refractivity contribution in [3.05, 3.63) is 66.0 Å². The third-order valence-corrected chi connectivity index (χ3v) is 4.47. The van der Waals surface area contributed by atoms with Crippen molar-refractivity contribution in [2.24, 2.45) is 0 Å². The Balaban J connectivity index is 1.55. The molecule has 2 unspecified atom stereocenters. The summed E-state index contributed by atoms with van der Waals surface area (Å²) in [6.45, 7) is 2.81. The predicted octanol–water partition coefficient (Wildman–Crippen LogP) is 3.25. The molecule has 0 bridgehead atoms. The number of para-hydroxylation sites is 1. The van der Waals surface area contributed by atoms with E-state index in [1.807, 2.05) is 18.2 Å². The zero-order chi connectivity index (χ0) is 18.2. The molecule has 0 aliphatic carbocycles. The zero-order valence-electron chi connectivity index (χ0n) is 14.9. The van der Waals surface area contributed by atoms with E-state index in [0.29, 0.717) is 6.54 Å². The summed E-state index contributed by atoms with van der Waals surface area (Å²) >= 11 is 0. The van der Waals surface area contributed by atoms with Gasteiger partial charge in [-0.05, 0) is 30.5 Å². The highest BCUT2D eigenvalue weighted by atomic mass is 19.1. The second-order valence-corrected chi connectivity index (χ2v) is 6.71. The van der Waals surface area contributed by atoms with Gasteiger partial charge in [0.25, 0.3) is 0 Å². The smallest absolute Gasteiger partial charge is 0.165 e. The lowest BCUT2D eigenvalue weighted by molar-refractivity contribution is 0.0308. The molecule has 2 aromatic carbocycles. The number of halogens is 1. The molecule has 4 nitrogen and oxygen atoms in total. The van der Waals surface area contributed by atoms with E-state index < -0.39 is 11.9 Å². The summed E-state index contributed by atoms with van der Waals surface area (Å²) in [4.78, 5) is 2.18. The first-order chi connectivity index (χ1) is 12.7. The van der Waals surface area contributed by atoms with Crippen molar-refractivity contribution in [2.75, 3.05) is 26.3 Å². The lowest BCUT2D eigenvalue weighted by atomic mass is 10.1. The summed E-state index contributed by atoms with van der Waals surface area (Å²) < 4.78 is 24.8. The Morgan fingerprint density at radius 1 is 1.15 bits per heavy atom. The third kappa shape index (κ3) is 5.80. The highest BCUT2D eigenvalue weighted by Gasteiger charge is 2.21. The Morgan fingerprint density at radius 3 is 2.65 bits per heavy atom. The molecule has 0 aromatic heterocycles. The third-order valence-electron chi connectivity index (χ3n) is 4.47. The first kappa shape index (κ1) is 18.8. The van der Waals surface area contributed by atoms with Crippen LogP contribution in [-0.2, 0) is 11.3 Å². The van der Waals surface area contributed by atoms with Crippen LogP contribution in [0.4, 0.5) is 4.39 Å². The van der Waals surface area contributed by atoms with Gasteiger partial charge in [-0.15, -0.1) is 0 Å². The molecule has 2 atom stereocenters. The van der Waals surface area contributed by atoms with Crippen LogP contribution in [0.5, 0.6) is 5.75 Å². The number of rotatable bonds is 9. The Labute approximate surface area is 154 Å². The maximum Gasteiger partial charge on any atom is 0.165 e. The molecule has 1 aliphatic rings. The second-order valence-electron chi connectivity index (χ2n) is 6.71. The van der Waals surface area contributed by atoms with Crippen LogP contribution in [0.25, 0.3) is 0 Å². The molecule has 1 fully saturated rings. The van der Waals surface area contributed by atoms with E-state index in [2.05, 4.69) is 17.0 Å². The van der Waals surface area contributed by atoms with Crippen molar-refractivity contribution in [1.82, 2.24) is 4.90 Å². The highest BCUT2D eigenvalue weighted by molar-refractivity contribution is 5.23. The summed E-state index contributed by atoms with van der Waals surface area (Å²) in [5.74, 6) is -0.250. The van der Waals surface area contributed by atoms with E-state index in [0.717, 1.165) is 32.5 Å². The minimum atomic E-state index is -0.709. The van der Waals surface area contributed by atoms with Gasteiger partial charge in [0.1, 0.15) is 12.7 Å². The minimum Gasteiger partial charge on any atom is -0.488 e. The maximum atomic E-state index is 13.6. The lowest BCUT2D eigenvalue weighted by Crippen LogP contribution is -2.39. The molecule has 1 aliphatic heterocycles. The molecule has 26 heavy (non-hydrogen) atoms. The molecule has 3 rings (SSSR count). The van der Waals surface area contributed by atoms with Crippen LogP contribution in [0.15, 0.2) is 54.6 Å². The fraction of sp³-hybridized carbons (Fsp3) is 0.429. The Hall–Kier alpha value is -1.95. The van der Waals surface area contributed by atoms with E-state index in [-0.39, 0.29) is 18.5 Å². The van der Waals surface area contributed by atoms with Crippen LogP contribution in [0.2, 0.25) is 0 Å². The predicted molar refractivity (Wildman–Crippen MR) is 98.6 cm³/mol. The first-order valence-corrected chi connectivity index (χ1v) is 9.14. The Bertz CT molecular complexity index is 661. The van der Waals surface area contributed by atoms with Gasteiger partial charge in [0.05, 0.1) is 6.10 Å². The van der Waals surface area contributed by atoms with E-state index >= 15 is 0 Å². The highest BCUT2D eigenvalue weighted by Crippen LogP contribution is 2.17. The number of ether oxygens (including phenoxy) is 2. The number of benzene rings is 2. The average Bonchev–Trinajstić information content (AvgIpc) is 3.15. The normalized spacial score (nSPS) is 18.2. The lowest BCUT2D eigenvalue weighted by Gasteiger charge is -2.27. The van der Waals surface area contributed by atoms with Crippen LogP contribution in [0.1, 0.15) is 18.4 Å². The quantitative estimate of drug-likeness (QED) is 0.746. The van der Waals surface area contributed by atoms with Gasteiger partial charge in [0.2, 0.25) is 0 Å². The molecular weight excluding hydrogens is 333 g/mol. The summed E-state index contributed by atoms with van der Waals surface area (Å²) in [6, 6.07) is 16.4. The molecule has 0 radical (unpaired) electrons. The molecule has 140 valence electrons. The molecular formula is C21H26FNO3. The number of nitrogens with zero attached hydrogens (tertiary/aromatic N) is 1. The van der Waals surface area contributed by atoms with Crippen LogP contribution in [0, 0.1) is 5.82 Å². The molecule has 5 heteroatoms. The van der Waals surface area contributed by atoms with Crippen molar-refractivity contribution in [3.8, 4) is 5.75 Å². The van der Waals surface area contributed by atoms with Crippen molar-refractivity contribution in [1.29, 1.82) is 0 Å². The standard InChI is InChI=1S/C21H26FNO3/c22-20-10-4-5-11-21(20)26-16-18(24)14-23(15-19-9-6-12-25-19)13-17-7-2-1-3-8-17/h1-5,7-8,10-11,18-19,24H,6,9,12-16H2. The Morgan fingerprint density at radius 2 is 1.92 bits per heavy atom. The van der Waals surface area contributed by atoms with Crippen LogP contribution < -0.4 is 4.74 Å². The van der Waals surface area contributed by atoms with Crippen LogP contribution >= 0.6 is 0 Å². The zero-order valence-corrected chi connectivity index (χ0v) is 14.9. The summed E-state index contributed by atoms with van der Waals surface area (Å²) in [5.41, 5.74) is 1.19. The summed E-state index contributed by atoms with van der Waals surface area (Å²) in [5, 5.41) is 10.4. The van der Waals surface area contributed by atoms with Crippen molar-refractivity contribution in [2.45, 2.75) is 31.6 Å². The van der Waals surface area contributed by atoms with Crippen molar-refractivity contribution < 1.29 is 19.0 Å². The van der Waals surface area contributed by atoms with Crippen LogP contribution in [0.3, 0.4) is 0 Å². The summed E-state index contributed by atoms with van der Waals surface area (Å²) in [6.07, 6.45) is 1.63. The van der Waals surface area contributed by atoms with E-state index in [9.17, 15) is 9.50 Å². The number of hydrogen-bond acceptors (Lipinski definition) is 4. The van der Waals surface area contributed by atoms with Crippen LogP contribution in [-0.4, -0.2) is 48.5 Å². The monoisotopic (exact) mass is 359 g/mol. The van der Waals surface area contributed by atoms with Gasteiger partial charge in [0.15, 0.2) is 11.6 Å². The van der Waals surface area contributed by atoms with Gasteiger partial charge in [-0.3, -0.25) is 4.90 Å². The molecule has 1 N–H and O–H groups in total. The number of aliphatic hydroxyl groups is 1. The van der Waals surface area contributed by atoms with Gasteiger partial charge < -0.3 is 14.6 Å². The number of hydrogen-bond donors (Lipinski definition) is 1. The minimum absolute atomic E-state index is 0.0533. The molecule has 1 heterocycles. The van der Waals surface area contributed by atoms with E-state index in [1.54, 1.807) is 18.2 Å². The number of aliphatic hydroxyl groups excluding tert-OH is 1. The maximum absolute atomic E-state index is 13.6. The van der Waals surface area contributed by atoms with Gasteiger partial charge in [-0.25, -0.2) is 4.39 Å². The Kier molecular flexibility index (Phi) is 7.00. The molecule has 1 saturated heterocycles. The fourth-order valence-electron chi connectivity index (χ4n) is 3.22. The van der Waals surface area contributed by atoms with E-state index in [4.69, 9.17) is 9.47 Å². The van der Waals surface area contributed by atoms with Gasteiger partial charge in [-0.2, -0.15) is 0 Å². The molecule has 2 aromatic rings. The van der Waals surface area contributed by atoms with Crippen molar-refractivity contribution >= 4 is 0 Å².